The Kier molecular flexibility index (Phi) is 7.71. The lowest BCUT2D eigenvalue weighted by atomic mass is 10.2. The highest BCUT2D eigenvalue weighted by Crippen LogP contribution is 2.14. The zero-order chi connectivity index (χ0) is 19.0. The number of nitrogens with one attached hydrogen (secondary N) is 1. The van der Waals surface area contributed by atoms with Gasteiger partial charge in [0.15, 0.2) is 5.96 Å². The standard InChI is InChI=1S/C18H30N4O3S/c1-4-19-18(20-11-13-22-12-6-14-26(22,23)24)21(3)15-16-7-9-17(10-8-16)25-5-2/h7-10H,4-6,11-15H2,1-3H3,(H,19,20). The van der Waals surface area contributed by atoms with Crippen molar-refractivity contribution in [1.29, 1.82) is 0 Å². The Morgan fingerprint density at radius 2 is 2.04 bits per heavy atom. The Bertz CT molecular complexity index is 689. The lowest BCUT2D eigenvalue weighted by Gasteiger charge is -2.22. The summed E-state index contributed by atoms with van der Waals surface area (Å²) in [4.78, 5) is 6.63. The largest absolute Gasteiger partial charge is 0.494 e. The summed E-state index contributed by atoms with van der Waals surface area (Å²) < 4.78 is 30.7. The van der Waals surface area contributed by atoms with E-state index >= 15 is 0 Å². The van der Waals surface area contributed by atoms with Gasteiger partial charge in [0.05, 0.1) is 18.9 Å². The average Bonchev–Trinajstić information content (AvgIpc) is 2.94. The highest BCUT2D eigenvalue weighted by atomic mass is 32.2. The Morgan fingerprint density at radius 3 is 2.62 bits per heavy atom. The topological polar surface area (TPSA) is 74.2 Å². The summed E-state index contributed by atoms with van der Waals surface area (Å²) >= 11 is 0. The van der Waals surface area contributed by atoms with Gasteiger partial charge in [-0.1, -0.05) is 12.1 Å². The molecule has 1 aromatic rings. The Morgan fingerprint density at radius 1 is 1.31 bits per heavy atom. The number of ether oxygens (including phenoxy) is 1. The summed E-state index contributed by atoms with van der Waals surface area (Å²) in [5, 5.41) is 3.26. The fourth-order valence-electron chi connectivity index (χ4n) is 2.89. The molecule has 0 saturated carbocycles. The van der Waals surface area contributed by atoms with Crippen LogP contribution in [0.4, 0.5) is 0 Å². The van der Waals surface area contributed by atoms with E-state index in [4.69, 9.17) is 4.74 Å². The Labute approximate surface area is 157 Å². The minimum Gasteiger partial charge on any atom is -0.494 e. The third-order valence-electron chi connectivity index (χ3n) is 4.16. The molecule has 0 atom stereocenters. The molecule has 1 saturated heterocycles. The van der Waals surface area contributed by atoms with Crippen molar-refractivity contribution in [2.45, 2.75) is 26.8 Å². The van der Waals surface area contributed by atoms with E-state index in [2.05, 4.69) is 10.3 Å². The second kappa shape index (κ2) is 9.78. The van der Waals surface area contributed by atoms with Crippen molar-refractivity contribution >= 4 is 16.0 Å². The molecule has 0 amide bonds. The van der Waals surface area contributed by atoms with Gasteiger partial charge in [-0.05, 0) is 38.0 Å². The highest BCUT2D eigenvalue weighted by Gasteiger charge is 2.27. The molecule has 1 aliphatic rings. The summed E-state index contributed by atoms with van der Waals surface area (Å²) in [5.74, 6) is 1.90. The molecule has 0 radical (unpaired) electrons. The van der Waals surface area contributed by atoms with Gasteiger partial charge in [0, 0.05) is 33.2 Å². The smallest absolute Gasteiger partial charge is 0.214 e. The molecule has 7 nitrogen and oxygen atoms in total. The van der Waals surface area contributed by atoms with Gasteiger partial charge in [-0.25, -0.2) is 12.7 Å². The van der Waals surface area contributed by atoms with Crippen LogP contribution in [0.3, 0.4) is 0 Å². The number of guanidine groups is 1. The molecular formula is C18H30N4O3S. The maximum atomic E-state index is 11.9. The van der Waals surface area contributed by atoms with E-state index in [0.717, 1.165) is 23.8 Å². The predicted molar refractivity (Wildman–Crippen MR) is 105 cm³/mol. The zero-order valence-electron chi connectivity index (χ0n) is 15.9. The van der Waals surface area contributed by atoms with Gasteiger partial charge in [0.1, 0.15) is 5.75 Å². The number of benzene rings is 1. The monoisotopic (exact) mass is 382 g/mol. The lowest BCUT2D eigenvalue weighted by Crippen LogP contribution is -2.39. The molecular weight excluding hydrogens is 352 g/mol. The summed E-state index contributed by atoms with van der Waals surface area (Å²) in [7, 11) is -1.08. The summed E-state index contributed by atoms with van der Waals surface area (Å²) in [6.45, 7) is 7.61. The van der Waals surface area contributed by atoms with E-state index in [0.29, 0.717) is 39.2 Å². The van der Waals surface area contributed by atoms with Gasteiger partial charge in [0.25, 0.3) is 0 Å². The number of rotatable bonds is 8. The molecule has 0 bridgehead atoms. The fraction of sp³-hybridized carbons (Fsp3) is 0.611. The first kappa shape index (κ1) is 20.5. The van der Waals surface area contributed by atoms with Gasteiger partial charge >= 0.3 is 0 Å². The highest BCUT2D eigenvalue weighted by molar-refractivity contribution is 7.89. The maximum Gasteiger partial charge on any atom is 0.214 e. The van der Waals surface area contributed by atoms with Crippen LogP contribution in [0.1, 0.15) is 25.8 Å². The van der Waals surface area contributed by atoms with Crippen LogP contribution in [0.5, 0.6) is 5.75 Å². The zero-order valence-corrected chi connectivity index (χ0v) is 16.8. The molecule has 26 heavy (non-hydrogen) atoms. The maximum absolute atomic E-state index is 11.9. The molecule has 1 aliphatic heterocycles. The van der Waals surface area contributed by atoms with Crippen molar-refractivity contribution in [3.8, 4) is 5.75 Å². The average molecular weight is 383 g/mol. The number of sulfonamides is 1. The van der Waals surface area contributed by atoms with E-state index in [9.17, 15) is 8.42 Å². The lowest BCUT2D eigenvalue weighted by molar-refractivity contribution is 0.340. The molecule has 0 unspecified atom stereocenters. The molecule has 1 fully saturated rings. The molecule has 1 N–H and O–H groups in total. The second-order valence-electron chi connectivity index (χ2n) is 6.24. The van der Waals surface area contributed by atoms with Crippen LogP contribution in [0.2, 0.25) is 0 Å². The summed E-state index contributed by atoms with van der Waals surface area (Å²) in [6.07, 6.45) is 0.712. The van der Waals surface area contributed by atoms with E-state index < -0.39 is 10.0 Å². The Hall–Kier alpha value is -1.80. The van der Waals surface area contributed by atoms with E-state index in [1.165, 1.54) is 4.31 Å². The molecule has 1 aromatic carbocycles. The van der Waals surface area contributed by atoms with Crippen LogP contribution in [-0.4, -0.2) is 69.2 Å². The molecule has 1 heterocycles. The van der Waals surface area contributed by atoms with Crippen LogP contribution in [0, 0.1) is 0 Å². The fourth-order valence-corrected chi connectivity index (χ4v) is 4.41. The molecule has 8 heteroatoms. The second-order valence-corrected chi connectivity index (χ2v) is 8.33. The van der Waals surface area contributed by atoms with E-state index in [1.54, 1.807) is 0 Å². The van der Waals surface area contributed by atoms with Crippen molar-refractivity contribution in [3.63, 3.8) is 0 Å². The SMILES string of the molecule is CCNC(=NCCN1CCCS1(=O)=O)N(C)Cc1ccc(OCC)cc1. The first-order chi connectivity index (χ1) is 12.5. The first-order valence-electron chi connectivity index (χ1n) is 9.15. The molecule has 0 spiro atoms. The van der Waals surface area contributed by atoms with Crippen molar-refractivity contribution in [2.24, 2.45) is 4.99 Å². The Balaban J connectivity index is 1.94. The van der Waals surface area contributed by atoms with Crippen molar-refractivity contribution < 1.29 is 13.2 Å². The first-order valence-corrected chi connectivity index (χ1v) is 10.8. The van der Waals surface area contributed by atoms with Crippen molar-refractivity contribution in [3.05, 3.63) is 29.8 Å². The van der Waals surface area contributed by atoms with Crippen LogP contribution in [-0.2, 0) is 16.6 Å². The van der Waals surface area contributed by atoms with Gasteiger partial charge < -0.3 is 15.0 Å². The van der Waals surface area contributed by atoms with Crippen LogP contribution < -0.4 is 10.1 Å². The third kappa shape index (κ3) is 5.88. The third-order valence-corrected chi connectivity index (χ3v) is 6.12. The predicted octanol–water partition coefficient (Wildman–Crippen LogP) is 1.52. The van der Waals surface area contributed by atoms with Crippen LogP contribution in [0.25, 0.3) is 0 Å². The number of nitrogens with zero attached hydrogens (tertiary/aromatic N) is 3. The summed E-state index contributed by atoms with van der Waals surface area (Å²) in [5.41, 5.74) is 1.16. The van der Waals surface area contributed by atoms with E-state index in [1.807, 2.05) is 50.1 Å². The molecule has 0 aromatic heterocycles. The van der Waals surface area contributed by atoms with Gasteiger partial charge in [0.2, 0.25) is 10.0 Å². The normalized spacial score (nSPS) is 17.3. The van der Waals surface area contributed by atoms with Gasteiger partial charge in [-0.3, -0.25) is 4.99 Å². The number of hydrogen-bond acceptors (Lipinski definition) is 4. The minimum atomic E-state index is -3.06. The van der Waals surface area contributed by atoms with Crippen molar-refractivity contribution in [2.75, 3.05) is 45.6 Å². The van der Waals surface area contributed by atoms with Crippen LogP contribution >= 0.6 is 0 Å². The molecule has 2 rings (SSSR count). The number of aliphatic imine (C=N–C) groups is 1. The van der Waals surface area contributed by atoms with Crippen molar-refractivity contribution in [1.82, 2.24) is 14.5 Å². The number of hydrogen-bond donors (Lipinski definition) is 1. The van der Waals surface area contributed by atoms with E-state index in [-0.39, 0.29) is 5.75 Å². The summed E-state index contributed by atoms with van der Waals surface area (Å²) in [6, 6.07) is 8.02. The quantitative estimate of drug-likeness (QED) is 0.545. The van der Waals surface area contributed by atoms with Gasteiger partial charge in [-0.15, -0.1) is 0 Å². The van der Waals surface area contributed by atoms with Gasteiger partial charge in [-0.2, -0.15) is 0 Å². The molecule has 146 valence electrons. The minimum absolute atomic E-state index is 0.258. The van der Waals surface area contributed by atoms with Crippen LogP contribution in [0.15, 0.2) is 29.3 Å². The molecule has 0 aliphatic carbocycles.